The molecule has 1 N–H and O–H groups in total. The van der Waals surface area contributed by atoms with E-state index in [4.69, 9.17) is 4.74 Å². The molecule has 1 aromatic rings. The summed E-state index contributed by atoms with van der Waals surface area (Å²) in [6.45, 7) is 11.1. The Bertz CT molecular complexity index is 695. The maximum Gasteiger partial charge on any atom is 0.226 e. The van der Waals surface area contributed by atoms with E-state index >= 15 is 0 Å². The van der Waals surface area contributed by atoms with Crippen LogP contribution in [0.25, 0.3) is 0 Å². The van der Waals surface area contributed by atoms with E-state index in [0.29, 0.717) is 11.9 Å². The molecule has 3 aliphatic heterocycles. The van der Waals surface area contributed by atoms with Crippen LogP contribution in [0.3, 0.4) is 0 Å². The predicted octanol–water partition coefficient (Wildman–Crippen LogP) is 3.72. The van der Waals surface area contributed by atoms with E-state index in [1.807, 2.05) is 0 Å². The second kappa shape index (κ2) is 7.56. The molecule has 1 amide bonds. The van der Waals surface area contributed by atoms with Crippen LogP contribution in [-0.2, 0) is 27.9 Å². The van der Waals surface area contributed by atoms with E-state index in [9.17, 15) is 4.79 Å². The number of amides is 1. The molecule has 1 atom stereocenters. The van der Waals surface area contributed by atoms with Gasteiger partial charge in [0.15, 0.2) is 0 Å². The standard InChI is InChI=1S/C23H34N2O2/c1-23(2,3)18-13-17-15-25(22(26)16-7-11-27-12-8-16)10-6-19(17)20(14-18)21-5-4-9-24-21/h13-14,16,21,24H,4-12,15H2,1-3H3/t21-/m0/s1. The average Bonchev–Trinajstić information content (AvgIpc) is 3.20. The van der Waals surface area contributed by atoms with E-state index in [2.05, 4.69) is 43.1 Å². The van der Waals surface area contributed by atoms with Gasteiger partial charge in [0, 0.05) is 38.3 Å². The molecule has 2 fully saturated rings. The minimum atomic E-state index is 0.120. The lowest BCUT2D eigenvalue weighted by molar-refractivity contribution is -0.139. The summed E-state index contributed by atoms with van der Waals surface area (Å²) in [7, 11) is 0. The first kappa shape index (κ1) is 18.9. The van der Waals surface area contributed by atoms with Gasteiger partial charge in [0.25, 0.3) is 0 Å². The lowest BCUT2D eigenvalue weighted by Gasteiger charge is -2.36. The van der Waals surface area contributed by atoms with Gasteiger partial charge in [-0.2, -0.15) is 0 Å². The van der Waals surface area contributed by atoms with E-state index < -0.39 is 0 Å². The van der Waals surface area contributed by atoms with Crippen LogP contribution in [0.2, 0.25) is 0 Å². The minimum Gasteiger partial charge on any atom is -0.381 e. The molecule has 2 saturated heterocycles. The van der Waals surface area contributed by atoms with Gasteiger partial charge in [-0.05, 0) is 66.3 Å². The molecule has 0 unspecified atom stereocenters. The molecule has 0 spiro atoms. The van der Waals surface area contributed by atoms with Crippen molar-refractivity contribution in [2.24, 2.45) is 5.92 Å². The molecular formula is C23H34N2O2. The SMILES string of the molecule is CC(C)(C)c1cc2c(c([C@@H]3CCCN3)c1)CCN(C(=O)C1CCOCC1)C2. The number of carbonyl (C=O) groups is 1. The number of ether oxygens (including phenoxy) is 1. The van der Waals surface area contributed by atoms with Crippen LogP contribution in [0.15, 0.2) is 12.1 Å². The molecule has 0 aliphatic carbocycles. The van der Waals surface area contributed by atoms with Crippen molar-refractivity contribution in [2.75, 3.05) is 26.3 Å². The van der Waals surface area contributed by atoms with Crippen molar-refractivity contribution >= 4 is 5.91 Å². The third-order valence-electron chi connectivity index (χ3n) is 6.55. The zero-order chi connectivity index (χ0) is 19.0. The van der Waals surface area contributed by atoms with Gasteiger partial charge in [-0.1, -0.05) is 32.9 Å². The largest absolute Gasteiger partial charge is 0.381 e. The molecular weight excluding hydrogens is 336 g/mol. The third kappa shape index (κ3) is 3.93. The van der Waals surface area contributed by atoms with E-state index in [1.54, 1.807) is 0 Å². The van der Waals surface area contributed by atoms with Gasteiger partial charge in [-0.15, -0.1) is 0 Å². The van der Waals surface area contributed by atoms with Crippen molar-refractivity contribution in [3.05, 3.63) is 34.4 Å². The first-order chi connectivity index (χ1) is 12.9. The Balaban J connectivity index is 1.63. The van der Waals surface area contributed by atoms with Crippen LogP contribution in [-0.4, -0.2) is 37.1 Å². The number of fused-ring (bicyclic) bond motifs is 1. The van der Waals surface area contributed by atoms with Crippen molar-refractivity contribution < 1.29 is 9.53 Å². The molecule has 0 aromatic heterocycles. The number of nitrogens with one attached hydrogen (secondary N) is 1. The Kier molecular flexibility index (Phi) is 5.30. The van der Waals surface area contributed by atoms with Crippen molar-refractivity contribution in [3.63, 3.8) is 0 Å². The highest BCUT2D eigenvalue weighted by molar-refractivity contribution is 5.79. The molecule has 27 heavy (non-hydrogen) atoms. The number of benzene rings is 1. The van der Waals surface area contributed by atoms with Gasteiger partial charge in [-0.25, -0.2) is 0 Å². The van der Waals surface area contributed by atoms with Crippen molar-refractivity contribution in [2.45, 2.75) is 70.9 Å². The normalized spacial score (nSPS) is 24.1. The summed E-state index contributed by atoms with van der Waals surface area (Å²) in [5, 5.41) is 3.69. The number of nitrogens with zero attached hydrogens (tertiary/aromatic N) is 1. The summed E-state index contributed by atoms with van der Waals surface area (Å²) in [4.78, 5) is 15.2. The Hall–Kier alpha value is -1.39. The lowest BCUT2D eigenvalue weighted by Crippen LogP contribution is -2.42. The van der Waals surface area contributed by atoms with Crippen molar-refractivity contribution in [1.29, 1.82) is 0 Å². The molecule has 3 heterocycles. The molecule has 148 valence electrons. The number of carbonyl (C=O) groups excluding carboxylic acids is 1. The molecule has 0 radical (unpaired) electrons. The minimum absolute atomic E-state index is 0.120. The number of hydrogen-bond acceptors (Lipinski definition) is 3. The lowest BCUT2D eigenvalue weighted by atomic mass is 9.80. The fourth-order valence-corrected chi connectivity index (χ4v) is 4.82. The average molecular weight is 371 g/mol. The molecule has 4 nitrogen and oxygen atoms in total. The second-order valence-corrected chi connectivity index (χ2v) is 9.50. The van der Waals surface area contributed by atoms with Crippen LogP contribution in [0.4, 0.5) is 0 Å². The smallest absolute Gasteiger partial charge is 0.226 e. The highest BCUT2D eigenvalue weighted by Crippen LogP contribution is 2.36. The number of rotatable bonds is 2. The highest BCUT2D eigenvalue weighted by Gasteiger charge is 2.32. The summed E-state index contributed by atoms with van der Waals surface area (Å²) < 4.78 is 5.44. The van der Waals surface area contributed by atoms with Crippen LogP contribution < -0.4 is 5.32 Å². The Morgan fingerprint density at radius 2 is 1.96 bits per heavy atom. The summed E-state index contributed by atoms with van der Waals surface area (Å²) in [6, 6.07) is 5.30. The molecule has 0 saturated carbocycles. The first-order valence-corrected chi connectivity index (χ1v) is 10.7. The first-order valence-electron chi connectivity index (χ1n) is 10.7. The maximum absolute atomic E-state index is 13.0. The van der Waals surface area contributed by atoms with Crippen LogP contribution in [0.1, 0.15) is 74.8 Å². The van der Waals surface area contributed by atoms with Crippen LogP contribution >= 0.6 is 0 Å². The van der Waals surface area contributed by atoms with Crippen molar-refractivity contribution in [1.82, 2.24) is 10.2 Å². The van der Waals surface area contributed by atoms with E-state index in [0.717, 1.165) is 52.1 Å². The molecule has 1 aromatic carbocycles. The number of hydrogen-bond donors (Lipinski definition) is 1. The molecule has 4 rings (SSSR count). The van der Waals surface area contributed by atoms with Gasteiger partial charge in [-0.3, -0.25) is 4.79 Å². The van der Waals surface area contributed by atoms with E-state index in [1.165, 1.54) is 35.1 Å². The fraction of sp³-hybridized carbons (Fsp3) is 0.696. The summed E-state index contributed by atoms with van der Waals surface area (Å²) in [6.07, 6.45) is 5.23. The Labute approximate surface area is 163 Å². The van der Waals surface area contributed by atoms with Gasteiger partial charge >= 0.3 is 0 Å². The van der Waals surface area contributed by atoms with Crippen molar-refractivity contribution in [3.8, 4) is 0 Å². The van der Waals surface area contributed by atoms with Gasteiger partial charge < -0.3 is 15.0 Å². The van der Waals surface area contributed by atoms with Gasteiger partial charge in [0.05, 0.1) is 0 Å². The van der Waals surface area contributed by atoms with Crippen LogP contribution in [0, 0.1) is 5.92 Å². The molecule has 3 aliphatic rings. The predicted molar refractivity (Wildman–Crippen MR) is 108 cm³/mol. The van der Waals surface area contributed by atoms with Gasteiger partial charge in [0.1, 0.15) is 0 Å². The monoisotopic (exact) mass is 370 g/mol. The highest BCUT2D eigenvalue weighted by atomic mass is 16.5. The third-order valence-corrected chi connectivity index (χ3v) is 6.55. The fourth-order valence-electron chi connectivity index (χ4n) is 4.82. The topological polar surface area (TPSA) is 41.6 Å². The quantitative estimate of drug-likeness (QED) is 0.863. The van der Waals surface area contributed by atoms with Crippen LogP contribution in [0.5, 0.6) is 0 Å². The summed E-state index contributed by atoms with van der Waals surface area (Å²) >= 11 is 0. The Morgan fingerprint density at radius 1 is 1.19 bits per heavy atom. The van der Waals surface area contributed by atoms with Gasteiger partial charge in [0.2, 0.25) is 5.91 Å². The molecule has 0 bridgehead atoms. The second-order valence-electron chi connectivity index (χ2n) is 9.50. The Morgan fingerprint density at radius 3 is 2.63 bits per heavy atom. The zero-order valence-corrected chi connectivity index (χ0v) is 17.1. The molecule has 4 heteroatoms. The zero-order valence-electron chi connectivity index (χ0n) is 17.1. The maximum atomic E-state index is 13.0. The van der Waals surface area contributed by atoms with E-state index in [-0.39, 0.29) is 11.3 Å². The summed E-state index contributed by atoms with van der Waals surface area (Å²) in [5.74, 6) is 0.493. The summed E-state index contributed by atoms with van der Waals surface area (Å²) in [5.41, 5.74) is 5.88.